The number of carbonyl (C=O) groups is 2. The van der Waals surface area contributed by atoms with Crippen LogP contribution in [0.2, 0.25) is 0 Å². The van der Waals surface area contributed by atoms with Crippen LogP contribution in [0.5, 0.6) is 0 Å². The number of fused-ring (bicyclic) bond motifs is 2. The average molecular weight is 436 g/mol. The number of carbonyl (C=O) groups excluding carboxylic acids is 2. The van der Waals surface area contributed by atoms with Gasteiger partial charge >= 0.3 is 0 Å². The highest BCUT2D eigenvalue weighted by atomic mass is 32.1. The molecule has 0 saturated heterocycles. The highest BCUT2D eigenvalue weighted by Gasteiger charge is 2.31. The number of thiazole rings is 1. The van der Waals surface area contributed by atoms with Gasteiger partial charge in [-0.05, 0) is 75.3 Å². The van der Waals surface area contributed by atoms with Gasteiger partial charge in [0.2, 0.25) is 11.7 Å². The topological polar surface area (TPSA) is 85.1 Å². The van der Waals surface area contributed by atoms with Gasteiger partial charge in [-0.3, -0.25) is 9.59 Å². The monoisotopic (exact) mass is 435 g/mol. The minimum Gasteiger partial charge on any atom is -0.345 e. The van der Waals surface area contributed by atoms with Crippen molar-refractivity contribution in [2.24, 2.45) is 5.73 Å². The van der Waals surface area contributed by atoms with E-state index in [-0.39, 0.29) is 17.6 Å². The quantitative estimate of drug-likeness (QED) is 0.402. The molecule has 3 N–H and O–H groups in total. The fourth-order valence-electron chi connectivity index (χ4n) is 4.38. The minimum atomic E-state index is -0.574. The maximum atomic E-state index is 13.3. The zero-order valence-corrected chi connectivity index (χ0v) is 18.7. The molecule has 1 aromatic heterocycles. The summed E-state index contributed by atoms with van der Waals surface area (Å²) in [6, 6.07) is 13.5. The summed E-state index contributed by atoms with van der Waals surface area (Å²) < 4.78 is 0.981. The van der Waals surface area contributed by atoms with Gasteiger partial charge in [-0.1, -0.05) is 35.9 Å². The number of Topliss-reactive ketones (excluding diaryl/α,β-unsaturated/α-hetero) is 1. The molecular formula is C25H29N3O2S. The fraction of sp³-hybridized carbons (Fsp3) is 0.400. The maximum Gasteiger partial charge on any atom is 0.228 e. The molecule has 3 aromatic rings. The third-order valence-electron chi connectivity index (χ3n) is 6.01. The van der Waals surface area contributed by atoms with E-state index in [2.05, 4.69) is 35.4 Å². The molecule has 6 heteroatoms. The molecule has 1 unspecified atom stereocenters. The summed E-state index contributed by atoms with van der Waals surface area (Å²) in [6.07, 6.45) is 4.99. The number of hydrogen-bond acceptors (Lipinski definition) is 5. The van der Waals surface area contributed by atoms with E-state index >= 15 is 0 Å². The second-order valence-corrected chi connectivity index (χ2v) is 9.37. The summed E-state index contributed by atoms with van der Waals surface area (Å²) in [5.41, 5.74) is 10.0. The number of nitrogens with one attached hydrogen (secondary N) is 1. The van der Waals surface area contributed by atoms with E-state index in [1.54, 1.807) is 0 Å². The van der Waals surface area contributed by atoms with Crippen LogP contribution in [0.15, 0.2) is 42.5 Å². The second kappa shape index (κ2) is 9.71. The molecule has 0 fully saturated rings. The molecule has 4 rings (SSSR count). The average Bonchev–Trinajstić information content (AvgIpc) is 3.21. The number of ketones is 1. The third-order valence-corrected chi connectivity index (χ3v) is 7.06. The molecule has 31 heavy (non-hydrogen) atoms. The number of amides is 1. The van der Waals surface area contributed by atoms with E-state index in [0.29, 0.717) is 18.0 Å². The van der Waals surface area contributed by atoms with Gasteiger partial charge < -0.3 is 11.1 Å². The van der Waals surface area contributed by atoms with Crippen LogP contribution in [0, 0.1) is 6.92 Å². The molecular weight excluding hydrogens is 406 g/mol. The Balaban J connectivity index is 1.55. The molecule has 1 amide bonds. The first-order chi connectivity index (χ1) is 15.1. The first kappa shape index (κ1) is 21.7. The van der Waals surface area contributed by atoms with E-state index < -0.39 is 6.04 Å². The van der Waals surface area contributed by atoms with Gasteiger partial charge in [0.1, 0.15) is 0 Å². The van der Waals surface area contributed by atoms with Crippen molar-refractivity contribution in [2.75, 3.05) is 6.54 Å². The van der Waals surface area contributed by atoms with Crippen LogP contribution in [0.25, 0.3) is 10.2 Å². The number of hydrogen-bond donors (Lipinski definition) is 2. The molecule has 0 saturated carbocycles. The Morgan fingerprint density at radius 3 is 2.87 bits per heavy atom. The summed E-state index contributed by atoms with van der Waals surface area (Å²) in [5.74, 6) is -0.368. The maximum absolute atomic E-state index is 13.3. The molecule has 1 heterocycles. The molecule has 162 valence electrons. The highest BCUT2D eigenvalue weighted by molar-refractivity contribution is 7.20. The largest absolute Gasteiger partial charge is 0.345 e. The molecule has 1 aliphatic carbocycles. The van der Waals surface area contributed by atoms with Crippen LogP contribution < -0.4 is 11.1 Å². The van der Waals surface area contributed by atoms with Crippen LogP contribution in [-0.2, 0) is 11.2 Å². The Morgan fingerprint density at radius 1 is 1.23 bits per heavy atom. The molecule has 2 atom stereocenters. The summed E-state index contributed by atoms with van der Waals surface area (Å²) in [7, 11) is 0. The Labute approximate surface area is 187 Å². The van der Waals surface area contributed by atoms with Gasteiger partial charge in [0, 0.05) is 0 Å². The number of benzene rings is 2. The van der Waals surface area contributed by atoms with Crippen molar-refractivity contribution in [3.05, 3.63) is 64.2 Å². The number of aromatic nitrogens is 1. The van der Waals surface area contributed by atoms with Crippen LogP contribution in [0.1, 0.15) is 64.5 Å². The predicted octanol–water partition coefficient (Wildman–Crippen LogP) is 4.52. The lowest BCUT2D eigenvalue weighted by atomic mass is 9.81. The van der Waals surface area contributed by atoms with Gasteiger partial charge in [-0.25, -0.2) is 4.98 Å². The van der Waals surface area contributed by atoms with E-state index in [1.807, 2.05) is 24.3 Å². The number of aryl methyl sites for hydroxylation is 2. The van der Waals surface area contributed by atoms with Gasteiger partial charge in [0.15, 0.2) is 5.01 Å². The van der Waals surface area contributed by atoms with Crippen molar-refractivity contribution in [1.29, 1.82) is 0 Å². The normalized spacial score (nSPS) is 16.6. The first-order valence-corrected chi connectivity index (χ1v) is 11.9. The van der Waals surface area contributed by atoms with E-state index in [1.165, 1.54) is 22.5 Å². The van der Waals surface area contributed by atoms with E-state index in [9.17, 15) is 9.59 Å². The molecule has 1 aliphatic rings. The van der Waals surface area contributed by atoms with Crippen molar-refractivity contribution in [3.63, 3.8) is 0 Å². The Kier molecular flexibility index (Phi) is 6.78. The van der Waals surface area contributed by atoms with Crippen LogP contribution in [-0.4, -0.2) is 29.3 Å². The first-order valence-electron chi connectivity index (χ1n) is 11.1. The number of para-hydroxylation sites is 1. The predicted molar refractivity (Wildman–Crippen MR) is 126 cm³/mol. The number of nitrogens with two attached hydrogens (primary N) is 1. The van der Waals surface area contributed by atoms with Gasteiger partial charge in [-0.15, -0.1) is 11.3 Å². The van der Waals surface area contributed by atoms with Crippen molar-refractivity contribution < 1.29 is 9.59 Å². The second-order valence-electron chi connectivity index (χ2n) is 8.34. The summed E-state index contributed by atoms with van der Waals surface area (Å²) >= 11 is 1.39. The van der Waals surface area contributed by atoms with Gasteiger partial charge in [-0.2, -0.15) is 0 Å². The standard InChI is InChI=1S/C25H29N3O2S/c1-16-12-13-18-17(15-16)7-6-8-19(18)24(30)27-21(10-4-5-14-26)23(29)25-28-20-9-2-3-11-22(20)31-25/h2-3,9,11-13,15,19,21H,4-8,10,14,26H2,1H3,(H,27,30)/t19?,21-/m0/s1. The zero-order chi connectivity index (χ0) is 21.8. The molecule has 2 aromatic carbocycles. The van der Waals surface area contributed by atoms with Crippen molar-refractivity contribution in [3.8, 4) is 0 Å². The Hall–Kier alpha value is -2.57. The molecule has 0 aliphatic heterocycles. The van der Waals surface area contributed by atoms with Gasteiger partial charge in [0.25, 0.3) is 0 Å². The van der Waals surface area contributed by atoms with Crippen molar-refractivity contribution in [1.82, 2.24) is 10.3 Å². The highest BCUT2D eigenvalue weighted by Crippen LogP contribution is 2.33. The SMILES string of the molecule is Cc1ccc2c(c1)CCCC2C(=O)N[C@@H](CCCCN)C(=O)c1nc2ccccc2s1. The Morgan fingerprint density at radius 2 is 2.06 bits per heavy atom. The number of rotatable bonds is 8. The van der Waals surface area contributed by atoms with Crippen LogP contribution in [0.4, 0.5) is 0 Å². The van der Waals surface area contributed by atoms with Crippen molar-refractivity contribution >= 4 is 33.2 Å². The number of unbranched alkanes of at least 4 members (excludes halogenated alkanes) is 1. The fourth-order valence-corrected chi connectivity index (χ4v) is 5.34. The van der Waals surface area contributed by atoms with E-state index in [0.717, 1.165) is 47.9 Å². The summed E-state index contributed by atoms with van der Waals surface area (Å²) in [4.78, 5) is 31.1. The van der Waals surface area contributed by atoms with Crippen molar-refractivity contribution in [2.45, 2.75) is 57.4 Å². The number of nitrogens with zero attached hydrogens (tertiary/aromatic N) is 1. The molecule has 0 bridgehead atoms. The third kappa shape index (κ3) is 4.86. The van der Waals surface area contributed by atoms with Crippen LogP contribution >= 0.6 is 11.3 Å². The molecule has 0 radical (unpaired) electrons. The summed E-state index contributed by atoms with van der Waals surface area (Å²) in [6.45, 7) is 2.65. The van der Waals surface area contributed by atoms with Gasteiger partial charge in [0.05, 0.1) is 22.2 Å². The smallest absolute Gasteiger partial charge is 0.228 e. The van der Waals surface area contributed by atoms with Crippen LogP contribution in [0.3, 0.4) is 0 Å². The lowest BCUT2D eigenvalue weighted by molar-refractivity contribution is -0.123. The lowest BCUT2D eigenvalue weighted by Gasteiger charge is -2.27. The lowest BCUT2D eigenvalue weighted by Crippen LogP contribution is -2.43. The molecule has 0 spiro atoms. The Bertz CT molecular complexity index is 1060. The summed E-state index contributed by atoms with van der Waals surface area (Å²) in [5, 5.41) is 3.54. The van der Waals surface area contributed by atoms with E-state index in [4.69, 9.17) is 5.73 Å². The minimum absolute atomic E-state index is 0.0583. The molecule has 5 nitrogen and oxygen atoms in total. The zero-order valence-electron chi connectivity index (χ0n) is 17.9.